The van der Waals surface area contributed by atoms with E-state index in [2.05, 4.69) is 6.92 Å². The zero-order valence-electron chi connectivity index (χ0n) is 11.5. The van der Waals surface area contributed by atoms with Gasteiger partial charge in [0, 0.05) is 18.2 Å². The van der Waals surface area contributed by atoms with Crippen LogP contribution in [0.5, 0.6) is 0 Å². The van der Waals surface area contributed by atoms with Crippen LogP contribution in [0.1, 0.15) is 59.9 Å². The van der Waals surface area contributed by atoms with Gasteiger partial charge in [-0.25, -0.2) is 4.79 Å². The van der Waals surface area contributed by atoms with Crippen molar-refractivity contribution >= 4 is 11.9 Å². The van der Waals surface area contributed by atoms with Gasteiger partial charge in [-0.2, -0.15) is 0 Å². The zero-order chi connectivity index (χ0) is 14.3. The molecule has 1 aromatic heterocycles. The smallest absolute Gasteiger partial charge is 0.338 e. The van der Waals surface area contributed by atoms with E-state index in [1.165, 1.54) is 18.9 Å². The summed E-state index contributed by atoms with van der Waals surface area (Å²) in [7, 11) is 0. The van der Waals surface area contributed by atoms with Crippen LogP contribution in [0, 0.1) is 5.92 Å². The van der Waals surface area contributed by atoms with Gasteiger partial charge in [0.2, 0.25) is 0 Å². The Kier molecular flexibility index (Phi) is 3.28. The molecule has 1 aliphatic carbocycles. The van der Waals surface area contributed by atoms with E-state index in [1.807, 2.05) is 4.90 Å². The molecular weight excluding hydrogens is 258 g/mol. The average Bonchev–Trinajstić information content (AvgIpc) is 3.01. The molecule has 1 saturated carbocycles. The highest BCUT2D eigenvalue weighted by atomic mass is 16.4. The van der Waals surface area contributed by atoms with Crippen molar-refractivity contribution in [2.75, 3.05) is 0 Å². The highest BCUT2D eigenvalue weighted by molar-refractivity contribution is 5.96. The van der Waals surface area contributed by atoms with Crippen molar-refractivity contribution in [2.45, 2.75) is 51.1 Å². The first-order valence-corrected chi connectivity index (χ1v) is 7.22. The number of furan rings is 1. The summed E-state index contributed by atoms with van der Waals surface area (Å²) in [5.41, 5.74) is 0.0281. The number of hydrogen-bond donors (Lipinski definition) is 1. The number of likely N-dealkylation sites (tertiary alicyclic amines) is 1. The molecule has 1 aromatic rings. The quantitative estimate of drug-likeness (QED) is 0.902. The SMILES string of the molecule is CC1CC2CCCCC2N1C(=O)c1cc(C(=O)O)co1. The van der Waals surface area contributed by atoms with Crippen molar-refractivity contribution < 1.29 is 19.1 Å². The van der Waals surface area contributed by atoms with Crippen LogP contribution in [-0.2, 0) is 0 Å². The Morgan fingerprint density at radius 3 is 2.80 bits per heavy atom. The maximum Gasteiger partial charge on any atom is 0.338 e. The molecule has 2 heterocycles. The lowest BCUT2D eigenvalue weighted by molar-refractivity contribution is 0.0600. The van der Waals surface area contributed by atoms with Crippen LogP contribution >= 0.6 is 0 Å². The fourth-order valence-electron chi connectivity index (χ4n) is 3.75. The molecule has 3 atom stereocenters. The van der Waals surface area contributed by atoms with Crippen LogP contribution in [-0.4, -0.2) is 34.0 Å². The van der Waals surface area contributed by atoms with Crippen molar-refractivity contribution in [3.63, 3.8) is 0 Å². The number of carbonyl (C=O) groups excluding carboxylic acids is 1. The minimum Gasteiger partial charge on any atom is -0.478 e. The van der Waals surface area contributed by atoms with Crippen molar-refractivity contribution in [3.8, 4) is 0 Å². The maximum absolute atomic E-state index is 12.6. The molecular formula is C15H19NO4. The van der Waals surface area contributed by atoms with Gasteiger partial charge in [-0.1, -0.05) is 12.8 Å². The maximum atomic E-state index is 12.6. The number of nitrogens with zero attached hydrogens (tertiary/aromatic N) is 1. The summed E-state index contributed by atoms with van der Waals surface area (Å²) >= 11 is 0. The van der Waals surface area contributed by atoms with Gasteiger partial charge < -0.3 is 14.4 Å². The Balaban J connectivity index is 1.83. The highest BCUT2D eigenvalue weighted by Crippen LogP contribution is 2.40. The number of fused-ring (bicyclic) bond motifs is 1. The molecule has 0 radical (unpaired) electrons. The second-order valence-electron chi connectivity index (χ2n) is 5.91. The van der Waals surface area contributed by atoms with Crippen LogP contribution in [0.25, 0.3) is 0 Å². The Hall–Kier alpha value is -1.78. The predicted molar refractivity (Wildman–Crippen MR) is 71.7 cm³/mol. The lowest BCUT2D eigenvalue weighted by atomic mass is 9.85. The summed E-state index contributed by atoms with van der Waals surface area (Å²) in [5, 5.41) is 8.90. The summed E-state index contributed by atoms with van der Waals surface area (Å²) in [5.74, 6) is -0.505. The van der Waals surface area contributed by atoms with Gasteiger partial charge in [0.25, 0.3) is 5.91 Å². The Morgan fingerprint density at radius 2 is 2.10 bits per heavy atom. The highest BCUT2D eigenvalue weighted by Gasteiger charge is 2.43. The van der Waals surface area contributed by atoms with Crippen LogP contribution in [0.3, 0.4) is 0 Å². The first-order valence-electron chi connectivity index (χ1n) is 7.22. The molecule has 5 heteroatoms. The van der Waals surface area contributed by atoms with Crippen LogP contribution < -0.4 is 0 Å². The monoisotopic (exact) mass is 277 g/mol. The van der Waals surface area contributed by atoms with Gasteiger partial charge in [0.15, 0.2) is 5.76 Å². The Labute approximate surface area is 117 Å². The minimum atomic E-state index is -1.07. The lowest BCUT2D eigenvalue weighted by Gasteiger charge is -2.32. The summed E-state index contributed by atoms with van der Waals surface area (Å²) in [6.07, 6.45) is 6.83. The summed E-state index contributed by atoms with van der Waals surface area (Å²) in [6, 6.07) is 1.83. The number of hydrogen-bond acceptors (Lipinski definition) is 3. The number of carboxylic acid groups (broad SMARTS) is 1. The molecule has 3 rings (SSSR count). The second kappa shape index (κ2) is 4.96. The third kappa shape index (κ3) is 2.11. The van der Waals surface area contributed by atoms with E-state index < -0.39 is 5.97 Å². The predicted octanol–water partition coefficient (Wildman–Crippen LogP) is 2.77. The zero-order valence-corrected chi connectivity index (χ0v) is 11.5. The van der Waals surface area contributed by atoms with Gasteiger partial charge in [0.1, 0.15) is 6.26 Å². The van der Waals surface area contributed by atoms with Crippen LogP contribution in [0.2, 0.25) is 0 Å². The molecule has 5 nitrogen and oxygen atoms in total. The number of amides is 1. The molecule has 3 unspecified atom stereocenters. The first kappa shape index (κ1) is 13.2. The van der Waals surface area contributed by atoms with Crippen molar-refractivity contribution in [2.24, 2.45) is 5.92 Å². The van der Waals surface area contributed by atoms with Gasteiger partial charge in [-0.3, -0.25) is 4.79 Å². The van der Waals surface area contributed by atoms with Crippen molar-refractivity contribution in [3.05, 3.63) is 23.7 Å². The van der Waals surface area contributed by atoms with Crippen LogP contribution in [0.4, 0.5) is 0 Å². The molecule has 1 saturated heterocycles. The third-order valence-electron chi connectivity index (χ3n) is 4.64. The van der Waals surface area contributed by atoms with Gasteiger partial charge in [-0.05, 0) is 32.1 Å². The van der Waals surface area contributed by atoms with Crippen LogP contribution in [0.15, 0.2) is 16.7 Å². The van der Waals surface area contributed by atoms with E-state index >= 15 is 0 Å². The van der Waals surface area contributed by atoms with Crippen molar-refractivity contribution in [1.29, 1.82) is 0 Å². The molecule has 0 bridgehead atoms. The molecule has 1 aliphatic heterocycles. The van der Waals surface area contributed by atoms with E-state index in [0.29, 0.717) is 12.0 Å². The molecule has 2 fully saturated rings. The Morgan fingerprint density at radius 1 is 1.35 bits per heavy atom. The van der Waals surface area contributed by atoms with E-state index in [0.717, 1.165) is 25.5 Å². The van der Waals surface area contributed by atoms with E-state index in [9.17, 15) is 9.59 Å². The number of aromatic carboxylic acids is 1. The van der Waals surface area contributed by atoms with Crippen molar-refractivity contribution in [1.82, 2.24) is 4.90 Å². The standard InChI is InChI=1S/C15H19NO4/c1-9-6-10-4-2-3-5-12(10)16(9)14(17)13-7-11(8-20-13)15(18)19/h7-10,12H,2-6H2,1H3,(H,18,19). The number of carbonyl (C=O) groups is 2. The minimum absolute atomic E-state index is 0.0281. The fourth-order valence-corrected chi connectivity index (χ4v) is 3.75. The van der Waals surface area contributed by atoms with Gasteiger partial charge >= 0.3 is 5.97 Å². The third-order valence-corrected chi connectivity index (χ3v) is 4.64. The Bertz CT molecular complexity index is 536. The van der Waals surface area contributed by atoms with E-state index in [1.54, 1.807) is 0 Å². The second-order valence-corrected chi connectivity index (χ2v) is 5.91. The molecule has 108 valence electrons. The largest absolute Gasteiger partial charge is 0.478 e. The lowest BCUT2D eigenvalue weighted by Crippen LogP contribution is -2.42. The molecule has 2 aliphatic rings. The first-order chi connectivity index (χ1) is 9.58. The van der Waals surface area contributed by atoms with E-state index in [4.69, 9.17) is 9.52 Å². The molecule has 0 aromatic carbocycles. The van der Waals surface area contributed by atoms with Gasteiger partial charge in [0.05, 0.1) is 5.56 Å². The normalized spacial score (nSPS) is 29.2. The summed E-state index contributed by atoms with van der Waals surface area (Å²) in [4.78, 5) is 25.4. The number of carboxylic acids is 1. The van der Waals surface area contributed by atoms with E-state index in [-0.39, 0.29) is 23.3 Å². The molecule has 1 amide bonds. The number of rotatable bonds is 2. The molecule has 0 spiro atoms. The topological polar surface area (TPSA) is 70.8 Å². The van der Waals surface area contributed by atoms with Gasteiger partial charge in [-0.15, -0.1) is 0 Å². The molecule has 1 N–H and O–H groups in total. The molecule has 20 heavy (non-hydrogen) atoms. The summed E-state index contributed by atoms with van der Waals surface area (Å²) in [6.45, 7) is 2.07. The summed E-state index contributed by atoms with van der Waals surface area (Å²) < 4.78 is 5.16. The average molecular weight is 277 g/mol. The fraction of sp³-hybridized carbons (Fsp3) is 0.600.